The molecule has 10 heteroatoms. The second-order valence-corrected chi connectivity index (χ2v) is 9.47. The van der Waals surface area contributed by atoms with Gasteiger partial charge in [0.15, 0.2) is 5.82 Å². The molecule has 0 bridgehead atoms. The molecule has 1 atom stereocenters. The van der Waals surface area contributed by atoms with Crippen molar-refractivity contribution >= 4 is 40.3 Å². The van der Waals surface area contributed by atoms with Crippen molar-refractivity contribution in [2.45, 2.75) is 59.0 Å². The Morgan fingerprint density at radius 3 is 2.56 bits per heavy atom. The van der Waals surface area contributed by atoms with Crippen molar-refractivity contribution in [3.05, 3.63) is 40.5 Å². The zero-order valence-electron chi connectivity index (χ0n) is 21.8. The zero-order valence-corrected chi connectivity index (χ0v) is 22.5. The molecule has 2 heterocycles. The number of nitrogens with one attached hydrogen (secondary N) is 3. The van der Waals surface area contributed by atoms with Crippen LogP contribution < -0.4 is 25.4 Å². The number of aromatic nitrogens is 3. The summed E-state index contributed by atoms with van der Waals surface area (Å²) in [5, 5.41) is 10.2. The van der Waals surface area contributed by atoms with Gasteiger partial charge in [0.25, 0.3) is 0 Å². The molecular weight excluding hydrogens is 480 g/mol. The second-order valence-electron chi connectivity index (χ2n) is 9.09. The van der Waals surface area contributed by atoms with Gasteiger partial charge in [-0.2, -0.15) is 4.98 Å². The Morgan fingerprint density at radius 2 is 1.89 bits per heavy atom. The molecule has 0 spiro atoms. The highest BCUT2D eigenvalue weighted by Gasteiger charge is 2.26. The molecule has 0 unspecified atom stereocenters. The molecule has 0 radical (unpaired) electrons. The minimum atomic E-state index is -0.447. The molecule has 0 aliphatic heterocycles. The maximum absolute atomic E-state index is 11.7. The molecule has 9 nitrogen and oxygen atoms in total. The van der Waals surface area contributed by atoms with E-state index in [1.54, 1.807) is 20.3 Å². The highest BCUT2D eigenvalue weighted by Crippen LogP contribution is 2.30. The van der Waals surface area contributed by atoms with Gasteiger partial charge in [0.1, 0.15) is 22.2 Å². The number of amides is 1. The molecule has 0 aliphatic carbocycles. The van der Waals surface area contributed by atoms with Gasteiger partial charge in [-0.1, -0.05) is 31.4 Å². The van der Waals surface area contributed by atoms with Crippen LogP contribution in [-0.2, 0) is 11.3 Å². The van der Waals surface area contributed by atoms with Crippen LogP contribution in [0.4, 0.5) is 11.8 Å². The number of unbranched alkanes of at least 4 members (excludes halogenated alkanes) is 1. The summed E-state index contributed by atoms with van der Waals surface area (Å²) in [7, 11) is 3.24. The lowest BCUT2D eigenvalue weighted by Gasteiger charge is -2.32. The fourth-order valence-corrected chi connectivity index (χ4v) is 4.18. The van der Waals surface area contributed by atoms with Crippen LogP contribution in [0.2, 0.25) is 5.15 Å². The average molecular weight is 515 g/mol. The van der Waals surface area contributed by atoms with Crippen LogP contribution in [-0.4, -0.2) is 47.2 Å². The quantitative estimate of drug-likeness (QED) is 0.286. The molecule has 3 rings (SSSR count). The Morgan fingerprint density at radius 1 is 1.11 bits per heavy atom. The number of anilines is 2. The van der Waals surface area contributed by atoms with Crippen molar-refractivity contribution in [2.75, 3.05) is 31.4 Å². The maximum Gasteiger partial charge on any atom is 0.225 e. The Labute approximate surface area is 217 Å². The first kappa shape index (κ1) is 27.3. The highest BCUT2D eigenvalue weighted by molar-refractivity contribution is 6.30. The molecule has 1 amide bonds. The summed E-state index contributed by atoms with van der Waals surface area (Å²) in [6, 6.07) is 7.44. The predicted molar refractivity (Wildman–Crippen MR) is 144 cm³/mol. The second kappa shape index (κ2) is 12.1. The van der Waals surface area contributed by atoms with E-state index in [2.05, 4.69) is 34.8 Å². The van der Waals surface area contributed by atoms with Crippen LogP contribution in [0.5, 0.6) is 11.5 Å². The number of halogens is 1. The third kappa shape index (κ3) is 6.87. The molecule has 194 valence electrons. The summed E-state index contributed by atoms with van der Waals surface area (Å²) in [5.74, 6) is 2.33. The number of ether oxygens (including phenoxy) is 2. The van der Waals surface area contributed by atoms with Crippen molar-refractivity contribution in [3.63, 3.8) is 0 Å². The molecule has 3 aromatic rings. The molecule has 0 aliphatic rings. The van der Waals surface area contributed by atoms with Gasteiger partial charge in [0.2, 0.25) is 11.9 Å². The van der Waals surface area contributed by atoms with Crippen LogP contribution in [0.15, 0.2) is 24.3 Å². The average Bonchev–Trinajstić information content (AvgIpc) is 2.85. The summed E-state index contributed by atoms with van der Waals surface area (Å²) in [4.78, 5) is 25.7. The van der Waals surface area contributed by atoms with Gasteiger partial charge in [0, 0.05) is 31.6 Å². The largest absolute Gasteiger partial charge is 0.497 e. The smallest absolute Gasteiger partial charge is 0.225 e. The number of fused-ring (bicyclic) bond motifs is 1. The first-order valence-corrected chi connectivity index (χ1v) is 12.4. The molecule has 0 fully saturated rings. The number of benzene rings is 1. The van der Waals surface area contributed by atoms with E-state index in [1.807, 2.05) is 25.1 Å². The number of hydrogen-bond donors (Lipinski definition) is 3. The van der Waals surface area contributed by atoms with E-state index in [9.17, 15) is 4.79 Å². The zero-order chi connectivity index (χ0) is 26.3. The number of methoxy groups -OCH3 is 2. The molecular formula is C26H35ClN6O3. The lowest BCUT2D eigenvalue weighted by atomic mass is 9.94. The van der Waals surface area contributed by atoms with Gasteiger partial charge in [-0.25, -0.2) is 9.97 Å². The van der Waals surface area contributed by atoms with Crippen LogP contribution in [0.1, 0.15) is 51.2 Å². The Balaban J connectivity index is 1.99. The van der Waals surface area contributed by atoms with E-state index in [1.165, 1.54) is 6.92 Å². The number of pyridine rings is 1. The van der Waals surface area contributed by atoms with Gasteiger partial charge < -0.3 is 25.4 Å². The number of carbonyl (C=O) groups is 1. The summed E-state index contributed by atoms with van der Waals surface area (Å²) >= 11 is 6.30. The number of carbonyl (C=O) groups excluding carboxylic acids is 1. The molecule has 1 aromatic carbocycles. The number of aryl methyl sites for hydroxylation is 1. The fourth-order valence-electron chi connectivity index (χ4n) is 3.93. The van der Waals surface area contributed by atoms with E-state index < -0.39 is 5.54 Å². The molecule has 3 N–H and O–H groups in total. The van der Waals surface area contributed by atoms with E-state index in [0.29, 0.717) is 52.5 Å². The van der Waals surface area contributed by atoms with Gasteiger partial charge in [0.05, 0.1) is 25.3 Å². The lowest BCUT2D eigenvalue weighted by Crippen LogP contribution is -2.46. The van der Waals surface area contributed by atoms with Gasteiger partial charge in [-0.05, 0) is 44.0 Å². The van der Waals surface area contributed by atoms with Crippen molar-refractivity contribution in [1.82, 2.24) is 20.3 Å². The molecule has 0 saturated carbocycles. The first-order chi connectivity index (χ1) is 17.2. The number of hydrogen-bond acceptors (Lipinski definition) is 8. The Kier molecular flexibility index (Phi) is 9.14. The first-order valence-electron chi connectivity index (χ1n) is 12.0. The Hall–Kier alpha value is -3.33. The topological polar surface area (TPSA) is 110 Å². The normalized spacial score (nSPS) is 12.6. The monoisotopic (exact) mass is 514 g/mol. The Bertz CT molecular complexity index is 1220. The molecule has 0 saturated heterocycles. The number of rotatable bonds is 12. The minimum absolute atomic E-state index is 0.0834. The third-order valence-electron chi connectivity index (χ3n) is 5.97. The van der Waals surface area contributed by atoms with Crippen LogP contribution in [0, 0.1) is 6.92 Å². The van der Waals surface area contributed by atoms with Gasteiger partial charge in [-0.3, -0.25) is 4.79 Å². The number of nitrogens with zero attached hydrogens (tertiary/aromatic N) is 3. The molecule has 36 heavy (non-hydrogen) atoms. The van der Waals surface area contributed by atoms with Crippen LogP contribution in [0.25, 0.3) is 11.0 Å². The SMILES string of the molecule is CCCC[C@](C)(CNC(C)=O)Nc1nc(NCc2ccc(OC)cc2OC)nc2c(C)cc(Cl)nc12. The van der Waals surface area contributed by atoms with Gasteiger partial charge in [-0.15, -0.1) is 0 Å². The fraction of sp³-hybridized carbons (Fsp3) is 0.462. The third-order valence-corrected chi connectivity index (χ3v) is 6.17. The predicted octanol–water partition coefficient (Wildman–Crippen LogP) is 5.11. The lowest BCUT2D eigenvalue weighted by molar-refractivity contribution is -0.119. The van der Waals surface area contributed by atoms with Gasteiger partial charge >= 0.3 is 0 Å². The summed E-state index contributed by atoms with van der Waals surface area (Å²) in [6.45, 7) is 8.55. The van der Waals surface area contributed by atoms with Crippen molar-refractivity contribution in [1.29, 1.82) is 0 Å². The van der Waals surface area contributed by atoms with Crippen molar-refractivity contribution in [3.8, 4) is 11.5 Å². The summed E-state index contributed by atoms with van der Waals surface area (Å²) < 4.78 is 10.8. The van der Waals surface area contributed by atoms with Crippen molar-refractivity contribution in [2.24, 2.45) is 0 Å². The minimum Gasteiger partial charge on any atom is -0.497 e. The van der Waals surface area contributed by atoms with E-state index >= 15 is 0 Å². The van der Waals surface area contributed by atoms with E-state index in [0.717, 1.165) is 30.4 Å². The van der Waals surface area contributed by atoms with Crippen molar-refractivity contribution < 1.29 is 14.3 Å². The molecule has 2 aromatic heterocycles. The highest BCUT2D eigenvalue weighted by atomic mass is 35.5. The summed E-state index contributed by atoms with van der Waals surface area (Å²) in [5.41, 5.74) is 2.65. The summed E-state index contributed by atoms with van der Waals surface area (Å²) in [6.07, 6.45) is 2.85. The van der Waals surface area contributed by atoms with Crippen LogP contribution in [0.3, 0.4) is 0 Å². The van der Waals surface area contributed by atoms with Crippen LogP contribution >= 0.6 is 11.6 Å². The van der Waals surface area contributed by atoms with E-state index in [4.69, 9.17) is 31.0 Å². The van der Waals surface area contributed by atoms with E-state index in [-0.39, 0.29) is 5.91 Å². The maximum atomic E-state index is 11.7. The standard InChI is InChI=1S/C26H35ClN6O3/c1-7-8-11-26(4,15-29-17(3)34)33-24-23-22(16(2)12-21(27)30-23)31-25(32-24)28-14-18-9-10-19(35-5)13-20(18)36-6/h9-10,12-13H,7-8,11,14-15H2,1-6H3,(H,29,34)(H2,28,31,32,33)/t26-/m1/s1.